The summed E-state index contributed by atoms with van der Waals surface area (Å²) in [5.41, 5.74) is 8.68. The Hall–Kier alpha value is -4.13. The Morgan fingerprint density at radius 3 is 1.97 bits per heavy atom. The molecule has 0 aliphatic rings. The second-order valence-corrected chi connectivity index (χ2v) is 11.4. The van der Waals surface area contributed by atoms with Gasteiger partial charge in [0.05, 0.1) is 0 Å². The molecule has 37 heavy (non-hydrogen) atoms. The van der Waals surface area contributed by atoms with Crippen molar-refractivity contribution in [3.05, 3.63) is 101 Å². The first-order chi connectivity index (χ1) is 17.9. The minimum atomic E-state index is -2.21. The predicted octanol–water partition coefficient (Wildman–Crippen LogP) is 2.19. The van der Waals surface area contributed by atoms with Gasteiger partial charge in [-0.1, -0.05) is 5.11 Å². The molecule has 0 aromatic heterocycles. The molecule has 9 nitrogen and oxygen atoms in total. The summed E-state index contributed by atoms with van der Waals surface area (Å²) in [6, 6.07) is 26.1. The molecule has 0 saturated heterocycles. The van der Waals surface area contributed by atoms with Crippen LogP contribution >= 0.6 is 6.75 Å². The number of hydrogen-bond donors (Lipinski definition) is 3. The maximum atomic E-state index is 13.0. The van der Waals surface area contributed by atoms with Crippen LogP contribution in [0.5, 0.6) is 0 Å². The van der Waals surface area contributed by atoms with Gasteiger partial charge in [-0.25, -0.2) is 0 Å². The number of benzene rings is 3. The Bertz CT molecular complexity index is 1290. The molecule has 3 aromatic carbocycles. The van der Waals surface area contributed by atoms with Crippen LogP contribution < -0.4 is 26.5 Å². The summed E-state index contributed by atoms with van der Waals surface area (Å²) >= 11 is 0. The van der Waals surface area contributed by atoms with Crippen LogP contribution in [0.1, 0.15) is 23.2 Å². The second kappa shape index (κ2) is 13.3. The topological polar surface area (TPSA) is 144 Å². The van der Waals surface area contributed by atoms with Crippen LogP contribution in [0.25, 0.3) is 10.4 Å². The third-order valence-corrected chi connectivity index (χ3v) is 9.35. The van der Waals surface area contributed by atoms with E-state index in [0.717, 1.165) is 15.9 Å². The summed E-state index contributed by atoms with van der Waals surface area (Å²) in [5.74, 6) is -2.13. The van der Waals surface area contributed by atoms with Gasteiger partial charge >= 0.3 is 200 Å². The molecule has 0 aliphatic carbocycles. The Morgan fingerprint density at radius 1 is 0.919 bits per heavy atom. The van der Waals surface area contributed by atoms with Crippen LogP contribution in [0.3, 0.4) is 0 Å². The molecule has 0 bridgehead atoms. The summed E-state index contributed by atoms with van der Waals surface area (Å²) in [7, 11) is 4.68. The number of hydrogen-bond acceptors (Lipinski definition) is 4. The molecule has 0 radical (unpaired) electrons. The van der Waals surface area contributed by atoms with Gasteiger partial charge in [-0.3, -0.25) is 0 Å². The monoisotopic (exact) mass is 515 g/mol. The molecule has 0 unspecified atom stereocenters. The molecule has 0 aliphatic heterocycles. The zero-order valence-corrected chi connectivity index (χ0v) is 21.1. The molecule has 3 aromatic rings. The first-order valence-corrected chi connectivity index (χ1v) is 13.6. The van der Waals surface area contributed by atoms with Crippen molar-refractivity contribution in [3.8, 4) is 0 Å². The molecule has 3 N–H and O–H groups in total. The van der Waals surface area contributed by atoms with Gasteiger partial charge in [-0.2, -0.15) is 0 Å². The zero-order chi connectivity index (χ0) is 26.7. The Kier molecular flexibility index (Phi) is 9.84. The average molecular weight is 515 g/mol. The van der Waals surface area contributed by atoms with E-state index in [1.54, 1.807) is 12.1 Å². The molecule has 0 spiro atoms. The van der Waals surface area contributed by atoms with Crippen LogP contribution in [0, 0.1) is 0 Å². The van der Waals surface area contributed by atoms with Gasteiger partial charge in [0.1, 0.15) is 0 Å². The molecule has 2 amide bonds. The van der Waals surface area contributed by atoms with Gasteiger partial charge in [-0.05, 0) is 5.53 Å². The van der Waals surface area contributed by atoms with Gasteiger partial charge in [0.15, 0.2) is 0 Å². The number of carboxylic acid groups (broad SMARTS) is 1. The quantitative estimate of drug-likeness (QED) is 0.0848. The summed E-state index contributed by atoms with van der Waals surface area (Å²) in [4.78, 5) is 39.2. The Labute approximate surface area is 215 Å². The van der Waals surface area contributed by atoms with E-state index in [4.69, 9.17) is 10.6 Å². The van der Waals surface area contributed by atoms with Crippen molar-refractivity contribution < 1.29 is 19.5 Å². The number of carbonyl (C=O) groups is 3. The van der Waals surface area contributed by atoms with Crippen LogP contribution in [0.4, 0.5) is 0 Å². The van der Waals surface area contributed by atoms with Crippen molar-refractivity contribution in [3.63, 3.8) is 0 Å². The molecule has 0 saturated carbocycles. The number of azide groups is 1. The van der Waals surface area contributed by atoms with E-state index in [9.17, 15) is 14.4 Å². The van der Waals surface area contributed by atoms with Gasteiger partial charge in [0.25, 0.3) is 0 Å². The van der Waals surface area contributed by atoms with Crippen molar-refractivity contribution in [2.75, 3.05) is 13.1 Å². The summed E-state index contributed by atoms with van der Waals surface area (Å²) < 4.78 is 0. The first-order valence-electron chi connectivity index (χ1n) is 11.6. The molecular formula is C26H27BN5O4P. The molecule has 11 heteroatoms. The van der Waals surface area contributed by atoms with Gasteiger partial charge in [-0.15, -0.1) is 0 Å². The van der Waals surface area contributed by atoms with E-state index in [-0.39, 0.29) is 25.9 Å². The van der Waals surface area contributed by atoms with Gasteiger partial charge < -0.3 is 0 Å². The summed E-state index contributed by atoms with van der Waals surface area (Å²) in [5, 5.41) is 20.7. The van der Waals surface area contributed by atoms with Crippen LogP contribution in [0.15, 0.2) is 90.0 Å². The Morgan fingerprint density at radius 2 is 1.46 bits per heavy atom. The fraction of sp³-hybridized carbons (Fsp3) is 0.192. The summed E-state index contributed by atoms with van der Waals surface area (Å²) in [6.45, 7) is -2.09. The SMILES string of the molecule is B=P(c1ccccc1)(c1ccccc1)c1ccc(C(=O)N[C@@H](CCC(=O)O)C(=O)NCCN=[N+]=[N-])cc1. The van der Waals surface area contributed by atoms with Crippen molar-refractivity contribution in [1.29, 1.82) is 0 Å². The number of aliphatic carboxylic acids is 1. The fourth-order valence-corrected chi connectivity index (χ4v) is 6.77. The van der Waals surface area contributed by atoms with E-state index in [1.165, 1.54) is 0 Å². The first kappa shape index (κ1) is 27.5. The molecule has 1 atom stereocenters. The van der Waals surface area contributed by atoms with Crippen molar-refractivity contribution >= 4 is 47.6 Å². The van der Waals surface area contributed by atoms with Crippen LogP contribution in [-0.4, -0.2) is 49.2 Å². The van der Waals surface area contributed by atoms with Crippen molar-refractivity contribution in [2.24, 2.45) is 5.11 Å². The second-order valence-electron chi connectivity index (χ2n) is 8.23. The number of amides is 2. The number of carboxylic acids is 1. The van der Waals surface area contributed by atoms with E-state index in [0.29, 0.717) is 5.56 Å². The minimum absolute atomic E-state index is 0.0437. The van der Waals surface area contributed by atoms with E-state index in [1.807, 2.05) is 48.5 Å². The number of nitrogens with one attached hydrogen (secondary N) is 2. The summed E-state index contributed by atoms with van der Waals surface area (Å²) in [6.07, 6.45) is -0.377. The molecule has 0 fully saturated rings. The normalized spacial score (nSPS) is 11.5. The number of carbonyl (C=O) groups excluding carboxylic acids is 2. The van der Waals surface area contributed by atoms with Crippen LogP contribution in [-0.2, 0) is 9.59 Å². The van der Waals surface area contributed by atoms with E-state index < -0.39 is 30.6 Å². The fourth-order valence-electron chi connectivity index (χ4n) is 3.85. The Balaban J connectivity index is 1.83. The third-order valence-electron chi connectivity index (χ3n) is 5.81. The number of rotatable bonds is 12. The molecule has 3 rings (SSSR count). The molecular weight excluding hydrogens is 488 g/mol. The maximum absolute atomic E-state index is 13.0. The van der Waals surface area contributed by atoms with Gasteiger partial charge in [0.2, 0.25) is 0 Å². The van der Waals surface area contributed by atoms with Gasteiger partial charge in [0, 0.05) is 4.91 Å². The van der Waals surface area contributed by atoms with E-state index in [2.05, 4.69) is 52.1 Å². The van der Waals surface area contributed by atoms with E-state index >= 15 is 0 Å². The average Bonchev–Trinajstić information content (AvgIpc) is 2.93. The number of nitrogens with zero attached hydrogens (tertiary/aromatic N) is 3. The molecule has 0 heterocycles. The van der Waals surface area contributed by atoms with Crippen molar-refractivity contribution in [1.82, 2.24) is 10.6 Å². The third kappa shape index (κ3) is 7.20. The van der Waals surface area contributed by atoms with Crippen LogP contribution in [0.2, 0.25) is 0 Å². The zero-order valence-electron chi connectivity index (χ0n) is 20.2. The standard InChI is InChI=1S/C26H27BN5O4P/c27-37(20-7-3-1-4-8-20,21-9-5-2-6-10-21)22-13-11-19(12-14-22)25(35)31-23(15-16-24(33)34)26(36)29-17-18-30-32-28/h1-14,23,27H,15-18H2,(H,29,36)(H,31,35)(H,33,34)/t23-/m0/s1. The van der Waals surface area contributed by atoms with Crippen molar-refractivity contribution in [2.45, 2.75) is 18.9 Å². The predicted molar refractivity (Wildman–Crippen MR) is 147 cm³/mol. The molecule has 188 valence electrons.